The number of thioether (sulfide) groups is 1. The van der Waals surface area contributed by atoms with E-state index >= 15 is 0 Å². The summed E-state index contributed by atoms with van der Waals surface area (Å²) in [5.41, 5.74) is 0. The zero-order valence-electron chi connectivity index (χ0n) is 8.12. The van der Waals surface area contributed by atoms with Crippen LogP contribution < -0.4 is 0 Å². The maximum atomic E-state index is 2.54. The number of allylic oxidation sites excluding steroid dienone is 1. The topological polar surface area (TPSA) is 3.24 Å². The van der Waals surface area contributed by atoms with E-state index in [4.69, 9.17) is 0 Å². The Balaban J connectivity index is 2.25. The molecule has 1 saturated heterocycles. The van der Waals surface area contributed by atoms with Crippen molar-refractivity contribution in [1.29, 1.82) is 0 Å². The molecule has 0 aromatic rings. The average Bonchev–Trinajstić information content (AvgIpc) is 2.27. The lowest BCUT2D eigenvalue weighted by Crippen LogP contribution is -2.26. The number of rotatable bonds is 2. The molecule has 0 aromatic heterocycles. The minimum atomic E-state index is 0.862. The van der Waals surface area contributed by atoms with E-state index in [0.29, 0.717) is 0 Å². The first-order valence-electron chi connectivity index (χ1n) is 4.78. The molecule has 1 fully saturated rings. The third-order valence-corrected chi connectivity index (χ3v) is 3.48. The van der Waals surface area contributed by atoms with E-state index in [1.54, 1.807) is 0 Å². The molecule has 0 saturated carbocycles. The second-order valence-corrected chi connectivity index (χ2v) is 4.89. The Kier molecular flexibility index (Phi) is 4.77. The largest absolute Gasteiger partial charge is 0.299 e. The highest BCUT2D eigenvalue weighted by molar-refractivity contribution is 7.99. The zero-order chi connectivity index (χ0) is 8.81. The first kappa shape index (κ1) is 10.1. The monoisotopic (exact) mass is 185 g/mol. The molecule has 2 heteroatoms. The molecule has 1 aliphatic heterocycles. The molecule has 0 spiro atoms. The van der Waals surface area contributed by atoms with Crippen LogP contribution in [-0.2, 0) is 0 Å². The van der Waals surface area contributed by atoms with Crippen molar-refractivity contribution in [3.8, 4) is 0 Å². The predicted molar refractivity (Wildman–Crippen MR) is 57.8 cm³/mol. The van der Waals surface area contributed by atoms with Crippen molar-refractivity contribution in [2.45, 2.75) is 25.5 Å². The van der Waals surface area contributed by atoms with E-state index in [2.05, 4.69) is 42.7 Å². The molecule has 0 amide bonds. The minimum absolute atomic E-state index is 0.862. The highest BCUT2D eigenvalue weighted by Gasteiger charge is 2.11. The van der Waals surface area contributed by atoms with Gasteiger partial charge in [0.15, 0.2) is 0 Å². The van der Waals surface area contributed by atoms with Crippen LogP contribution in [0.4, 0.5) is 0 Å². The van der Waals surface area contributed by atoms with E-state index in [-0.39, 0.29) is 0 Å². The van der Waals surface area contributed by atoms with Crippen LogP contribution in [0.2, 0.25) is 0 Å². The Labute approximate surface area is 80.2 Å². The van der Waals surface area contributed by atoms with Crippen molar-refractivity contribution in [3.63, 3.8) is 0 Å². The van der Waals surface area contributed by atoms with Crippen molar-refractivity contribution in [1.82, 2.24) is 4.90 Å². The summed E-state index contributed by atoms with van der Waals surface area (Å²) in [6, 6.07) is 0. The van der Waals surface area contributed by atoms with Crippen LogP contribution in [0, 0.1) is 0 Å². The molecule has 12 heavy (non-hydrogen) atoms. The maximum Gasteiger partial charge on any atom is 0.0163 e. The van der Waals surface area contributed by atoms with Crippen LogP contribution in [-0.4, -0.2) is 35.5 Å². The number of hydrogen-bond acceptors (Lipinski definition) is 2. The normalized spacial score (nSPS) is 27.7. The van der Waals surface area contributed by atoms with Crippen molar-refractivity contribution in [2.24, 2.45) is 0 Å². The smallest absolute Gasteiger partial charge is 0.0163 e. The SMILES string of the molecule is C/C=C/CN1CCSC(C)CC1. The van der Waals surface area contributed by atoms with Gasteiger partial charge in [-0.1, -0.05) is 19.1 Å². The summed E-state index contributed by atoms with van der Waals surface area (Å²) in [7, 11) is 0. The summed E-state index contributed by atoms with van der Waals surface area (Å²) < 4.78 is 0. The molecule has 0 aromatic carbocycles. The minimum Gasteiger partial charge on any atom is -0.299 e. The molecule has 0 N–H and O–H groups in total. The summed E-state index contributed by atoms with van der Waals surface area (Å²) in [5, 5.41) is 0.862. The highest BCUT2D eigenvalue weighted by Crippen LogP contribution is 2.18. The summed E-state index contributed by atoms with van der Waals surface area (Å²) >= 11 is 2.11. The maximum absolute atomic E-state index is 2.54. The summed E-state index contributed by atoms with van der Waals surface area (Å²) in [4.78, 5) is 2.54. The summed E-state index contributed by atoms with van der Waals surface area (Å²) in [5.74, 6) is 1.30. The van der Waals surface area contributed by atoms with Gasteiger partial charge in [-0.3, -0.25) is 4.90 Å². The average molecular weight is 185 g/mol. The Morgan fingerprint density at radius 3 is 3.08 bits per heavy atom. The first-order chi connectivity index (χ1) is 5.83. The van der Waals surface area contributed by atoms with Crippen molar-refractivity contribution >= 4 is 11.8 Å². The lowest BCUT2D eigenvalue weighted by Gasteiger charge is -2.16. The van der Waals surface area contributed by atoms with E-state index in [1.807, 2.05) is 0 Å². The van der Waals surface area contributed by atoms with Gasteiger partial charge in [0.2, 0.25) is 0 Å². The van der Waals surface area contributed by atoms with E-state index in [9.17, 15) is 0 Å². The standard InChI is InChI=1S/C10H19NS/c1-3-4-6-11-7-5-10(2)12-9-8-11/h3-4,10H,5-9H2,1-2H3/b4-3+. The van der Waals surface area contributed by atoms with Crippen LogP contribution in [0.15, 0.2) is 12.2 Å². The molecule has 1 rings (SSSR count). The second-order valence-electron chi connectivity index (χ2n) is 3.34. The van der Waals surface area contributed by atoms with Crippen LogP contribution in [0.25, 0.3) is 0 Å². The second kappa shape index (κ2) is 5.65. The molecule has 1 unspecified atom stereocenters. The molecule has 1 atom stereocenters. The van der Waals surface area contributed by atoms with Gasteiger partial charge in [-0.2, -0.15) is 11.8 Å². The lowest BCUT2D eigenvalue weighted by molar-refractivity contribution is 0.323. The van der Waals surface area contributed by atoms with Gasteiger partial charge in [0.1, 0.15) is 0 Å². The Hall–Kier alpha value is 0.0500. The van der Waals surface area contributed by atoms with Gasteiger partial charge >= 0.3 is 0 Å². The third-order valence-electron chi connectivity index (χ3n) is 2.26. The summed E-state index contributed by atoms with van der Waals surface area (Å²) in [6.45, 7) is 8.11. The van der Waals surface area contributed by atoms with Gasteiger partial charge in [-0.05, 0) is 19.9 Å². The third kappa shape index (κ3) is 3.63. The van der Waals surface area contributed by atoms with E-state index in [0.717, 1.165) is 11.8 Å². The Morgan fingerprint density at radius 2 is 2.33 bits per heavy atom. The molecule has 0 aliphatic carbocycles. The van der Waals surface area contributed by atoms with E-state index < -0.39 is 0 Å². The highest BCUT2D eigenvalue weighted by atomic mass is 32.2. The molecule has 0 bridgehead atoms. The quantitative estimate of drug-likeness (QED) is 0.608. The molecule has 1 aliphatic rings. The van der Waals surface area contributed by atoms with Crippen LogP contribution in [0.3, 0.4) is 0 Å². The Morgan fingerprint density at radius 1 is 1.50 bits per heavy atom. The van der Waals surface area contributed by atoms with Gasteiger partial charge in [0.05, 0.1) is 0 Å². The fourth-order valence-corrected chi connectivity index (χ4v) is 2.42. The fraction of sp³-hybridized carbons (Fsp3) is 0.800. The number of nitrogens with zero attached hydrogens (tertiary/aromatic N) is 1. The van der Waals surface area contributed by atoms with Crippen LogP contribution >= 0.6 is 11.8 Å². The van der Waals surface area contributed by atoms with Gasteiger partial charge in [0.25, 0.3) is 0 Å². The predicted octanol–water partition coefficient (Wildman–Crippen LogP) is 2.39. The van der Waals surface area contributed by atoms with Crippen LogP contribution in [0.1, 0.15) is 20.3 Å². The molecular formula is C10H19NS. The number of hydrogen-bond donors (Lipinski definition) is 0. The molecule has 70 valence electrons. The van der Waals surface area contributed by atoms with Crippen molar-refractivity contribution < 1.29 is 0 Å². The van der Waals surface area contributed by atoms with Gasteiger partial charge in [0, 0.05) is 24.1 Å². The van der Waals surface area contributed by atoms with E-state index in [1.165, 1.54) is 25.3 Å². The van der Waals surface area contributed by atoms with Gasteiger partial charge in [-0.15, -0.1) is 0 Å². The van der Waals surface area contributed by atoms with Crippen LogP contribution in [0.5, 0.6) is 0 Å². The zero-order valence-corrected chi connectivity index (χ0v) is 8.94. The van der Waals surface area contributed by atoms with Crippen molar-refractivity contribution in [2.75, 3.05) is 25.4 Å². The van der Waals surface area contributed by atoms with Gasteiger partial charge in [-0.25, -0.2) is 0 Å². The lowest BCUT2D eigenvalue weighted by atomic mass is 10.3. The Bertz CT molecular complexity index is 145. The first-order valence-corrected chi connectivity index (χ1v) is 5.83. The van der Waals surface area contributed by atoms with Gasteiger partial charge < -0.3 is 0 Å². The fourth-order valence-electron chi connectivity index (χ4n) is 1.38. The van der Waals surface area contributed by atoms with Crippen molar-refractivity contribution in [3.05, 3.63) is 12.2 Å². The molecule has 0 radical (unpaired) electrons. The summed E-state index contributed by atoms with van der Waals surface area (Å²) in [6.07, 6.45) is 5.74. The molecular weight excluding hydrogens is 166 g/mol. The molecule has 1 heterocycles. The molecule has 1 nitrogen and oxygen atoms in total.